The van der Waals surface area contributed by atoms with Crippen LogP contribution in [0.1, 0.15) is 76.7 Å². The lowest BCUT2D eigenvalue weighted by Gasteiger charge is -2.22. The van der Waals surface area contributed by atoms with Crippen LogP contribution in [0.15, 0.2) is 54.6 Å². The third-order valence-electron chi connectivity index (χ3n) is 6.16. The van der Waals surface area contributed by atoms with Crippen molar-refractivity contribution in [1.82, 2.24) is 0 Å². The maximum absolute atomic E-state index is 5.25. The summed E-state index contributed by atoms with van der Waals surface area (Å²) in [7, 11) is 1.71. The fourth-order valence-electron chi connectivity index (χ4n) is 4.29. The maximum atomic E-state index is 5.25. The first kappa shape index (κ1) is 20.7. The SMILES string of the molecule is CCCCCCCCC1CC=C(c2ccc(-c3ccc(OC)cc3)cc2)CC1. The summed E-state index contributed by atoms with van der Waals surface area (Å²) in [6.45, 7) is 2.29. The number of ether oxygens (including phenoxy) is 1. The molecule has 28 heavy (non-hydrogen) atoms. The predicted octanol–water partition coefficient (Wildman–Crippen LogP) is 8.30. The molecule has 0 saturated heterocycles. The summed E-state index contributed by atoms with van der Waals surface area (Å²) >= 11 is 0. The van der Waals surface area contributed by atoms with E-state index < -0.39 is 0 Å². The van der Waals surface area contributed by atoms with Crippen molar-refractivity contribution in [3.8, 4) is 16.9 Å². The van der Waals surface area contributed by atoms with E-state index in [1.54, 1.807) is 12.7 Å². The van der Waals surface area contributed by atoms with Gasteiger partial charge in [-0.1, -0.05) is 94.3 Å². The van der Waals surface area contributed by atoms with Crippen LogP contribution in [0.4, 0.5) is 0 Å². The Bertz CT molecular complexity index is 724. The van der Waals surface area contributed by atoms with Gasteiger partial charge in [0.05, 0.1) is 7.11 Å². The van der Waals surface area contributed by atoms with E-state index in [-0.39, 0.29) is 0 Å². The van der Waals surface area contributed by atoms with Crippen LogP contribution >= 0.6 is 0 Å². The van der Waals surface area contributed by atoms with Crippen LogP contribution in [0.3, 0.4) is 0 Å². The van der Waals surface area contributed by atoms with Gasteiger partial charge in [0, 0.05) is 0 Å². The Kier molecular flexibility index (Phi) is 8.21. The number of unbranched alkanes of at least 4 members (excludes halogenated alkanes) is 5. The molecule has 0 aliphatic heterocycles. The Hall–Kier alpha value is -2.02. The molecule has 1 atom stereocenters. The molecule has 0 saturated carbocycles. The molecule has 150 valence electrons. The highest BCUT2D eigenvalue weighted by atomic mass is 16.5. The van der Waals surface area contributed by atoms with Gasteiger partial charge in [0.1, 0.15) is 5.75 Å². The fraction of sp³-hybridized carbons (Fsp3) is 0.481. The molecule has 1 aliphatic rings. The minimum absolute atomic E-state index is 0.906. The predicted molar refractivity (Wildman–Crippen MR) is 122 cm³/mol. The number of allylic oxidation sites excluding steroid dienone is 2. The van der Waals surface area contributed by atoms with Gasteiger partial charge < -0.3 is 4.74 Å². The van der Waals surface area contributed by atoms with Crippen molar-refractivity contribution in [3.05, 3.63) is 60.2 Å². The minimum atomic E-state index is 0.906. The van der Waals surface area contributed by atoms with Crippen molar-refractivity contribution in [1.29, 1.82) is 0 Å². The molecule has 0 N–H and O–H groups in total. The number of rotatable bonds is 10. The van der Waals surface area contributed by atoms with Crippen molar-refractivity contribution < 1.29 is 4.74 Å². The lowest BCUT2D eigenvalue weighted by atomic mass is 9.83. The molecule has 0 bridgehead atoms. The van der Waals surface area contributed by atoms with Gasteiger partial charge in [-0.2, -0.15) is 0 Å². The third kappa shape index (κ3) is 5.99. The highest BCUT2D eigenvalue weighted by Gasteiger charge is 2.15. The molecule has 0 fully saturated rings. The van der Waals surface area contributed by atoms with Crippen LogP contribution in [0.5, 0.6) is 5.75 Å². The molecule has 0 heterocycles. The van der Waals surface area contributed by atoms with Crippen molar-refractivity contribution in [2.24, 2.45) is 5.92 Å². The molecule has 0 amide bonds. The van der Waals surface area contributed by atoms with E-state index >= 15 is 0 Å². The molecule has 1 aliphatic carbocycles. The second-order valence-electron chi connectivity index (χ2n) is 8.23. The Morgan fingerprint density at radius 3 is 2.00 bits per heavy atom. The quantitative estimate of drug-likeness (QED) is 0.379. The average molecular weight is 377 g/mol. The summed E-state index contributed by atoms with van der Waals surface area (Å²) in [6, 6.07) is 17.4. The normalized spacial score (nSPS) is 16.6. The molecule has 0 radical (unpaired) electrons. The zero-order valence-electron chi connectivity index (χ0n) is 17.8. The van der Waals surface area contributed by atoms with Gasteiger partial charge in [-0.15, -0.1) is 0 Å². The van der Waals surface area contributed by atoms with E-state index in [9.17, 15) is 0 Å². The first-order valence-corrected chi connectivity index (χ1v) is 11.2. The van der Waals surface area contributed by atoms with Gasteiger partial charge in [0.25, 0.3) is 0 Å². The smallest absolute Gasteiger partial charge is 0.118 e. The zero-order chi connectivity index (χ0) is 19.6. The monoisotopic (exact) mass is 376 g/mol. The highest BCUT2D eigenvalue weighted by Crippen LogP contribution is 2.33. The Balaban J connectivity index is 1.48. The first-order chi connectivity index (χ1) is 13.8. The van der Waals surface area contributed by atoms with Crippen LogP contribution in [-0.2, 0) is 0 Å². The Labute approximate surface area is 171 Å². The van der Waals surface area contributed by atoms with Gasteiger partial charge in [-0.3, -0.25) is 0 Å². The van der Waals surface area contributed by atoms with Gasteiger partial charge >= 0.3 is 0 Å². The second kappa shape index (κ2) is 11.1. The summed E-state index contributed by atoms with van der Waals surface area (Å²) in [5.74, 6) is 1.82. The number of benzene rings is 2. The van der Waals surface area contributed by atoms with E-state index in [1.807, 2.05) is 12.1 Å². The lowest BCUT2D eigenvalue weighted by Crippen LogP contribution is -2.05. The molecule has 1 heteroatoms. The van der Waals surface area contributed by atoms with E-state index in [4.69, 9.17) is 4.74 Å². The van der Waals surface area contributed by atoms with Crippen LogP contribution in [0, 0.1) is 5.92 Å². The van der Waals surface area contributed by atoms with Crippen LogP contribution < -0.4 is 4.74 Å². The van der Waals surface area contributed by atoms with Crippen molar-refractivity contribution in [2.75, 3.05) is 7.11 Å². The third-order valence-corrected chi connectivity index (χ3v) is 6.16. The summed E-state index contributed by atoms with van der Waals surface area (Å²) in [5.41, 5.74) is 5.45. The number of methoxy groups -OCH3 is 1. The molecule has 1 nitrogen and oxygen atoms in total. The van der Waals surface area contributed by atoms with Crippen molar-refractivity contribution in [2.45, 2.75) is 71.1 Å². The van der Waals surface area contributed by atoms with Gasteiger partial charge in [-0.05, 0) is 59.6 Å². The maximum Gasteiger partial charge on any atom is 0.118 e. The standard InChI is InChI=1S/C27H36O/c1-3-4-5-6-7-8-9-22-10-12-23(13-11-22)24-14-16-25(17-15-24)26-18-20-27(28-2)21-19-26/h12,14-22H,3-11,13H2,1-2H3. The van der Waals surface area contributed by atoms with E-state index in [1.165, 1.54) is 80.9 Å². The highest BCUT2D eigenvalue weighted by molar-refractivity contribution is 5.71. The van der Waals surface area contributed by atoms with Crippen molar-refractivity contribution >= 4 is 5.57 Å². The zero-order valence-corrected chi connectivity index (χ0v) is 17.8. The van der Waals surface area contributed by atoms with E-state index in [0.29, 0.717) is 0 Å². The number of hydrogen-bond acceptors (Lipinski definition) is 1. The molecule has 1 unspecified atom stereocenters. The Morgan fingerprint density at radius 2 is 1.39 bits per heavy atom. The molecule has 3 rings (SSSR count). The Morgan fingerprint density at radius 1 is 0.786 bits per heavy atom. The van der Waals surface area contributed by atoms with Crippen LogP contribution in [0.25, 0.3) is 16.7 Å². The lowest BCUT2D eigenvalue weighted by molar-refractivity contribution is 0.415. The van der Waals surface area contributed by atoms with Crippen LogP contribution in [0.2, 0.25) is 0 Å². The van der Waals surface area contributed by atoms with Crippen LogP contribution in [-0.4, -0.2) is 7.11 Å². The topological polar surface area (TPSA) is 9.23 Å². The number of hydrogen-bond donors (Lipinski definition) is 0. The molecule has 0 aromatic heterocycles. The minimum Gasteiger partial charge on any atom is -0.497 e. The molecular formula is C27H36O. The summed E-state index contributed by atoms with van der Waals surface area (Å²) in [4.78, 5) is 0. The van der Waals surface area contributed by atoms with Gasteiger partial charge in [0.2, 0.25) is 0 Å². The molecule has 0 spiro atoms. The fourth-order valence-corrected chi connectivity index (χ4v) is 4.29. The largest absolute Gasteiger partial charge is 0.497 e. The average Bonchev–Trinajstić information content (AvgIpc) is 2.77. The first-order valence-electron chi connectivity index (χ1n) is 11.2. The second-order valence-corrected chi connectivity index (χ2v) is 8.23. The summed E-state index contributed by atoms with van der Waals surface area (Å²) in [5, 5.41) is 0. The summed E-state index contributed by atoms with van der Waals surface area (Å²) < 4.78 is 5.25. The summed E-state index contributed by atoms with van der Waals surface area (Å²) in [6.07, 6.45) is 16.3. The molecule has 2 aromatic rings. The van der Waals surface area contributed by atoms with E-state index in [0.717, 1.165) is 11.7 Å². The van der Waals surface area contributed by atoms with Crippen molar-refractivity contribution in [3.63, 3.8) is 0 Å². The molecule has 2 aromatic carbocycles. The van der Waals surface area contributed by atoms with Gasteiger partial charge in [-0.25, -0.2) is 0 Å². The van der Waals surface area contributed by atoms with E-state index in [2.05, 4.69) is 49.4 Å². The molecular weight excluding hydrogens is 340 g/mol. The van der Waals surface area contributed by atoms with Gasteiger partial charge in [0.15, 0.2) is 0 Å².